The Morgan fingerprint density at radius 3 is 2.32 bits per heavy atom. The molecule has 0 bridgehead atoms. The number of carbonyl (C=O) groups excluding carboxylic acids is 2. The van der Waals surface area contributed by atoms with Crippen molar-refractivity contribution in [2.45, 2.75) is 12.5 Å². The van der Waals surface area contributed by atoms with Gasteiger partial charge in [0.15, 0.2) is 0 Å². The van der Waals surface area contributed by atoms with Gasteiger partial charge in [0.1, 0.15) is 17.3 Å². The Bertz CT molecular complexity index is 982. The van der Waals surface area contributed by atoms with Crippen molar-refractivity contribution in [3.05, 3.63) is 65.2 Å². The largest absolute Gasteiger partial charge is 0.507 e. The monoisotopic (exact) mass is 425 g/mol. The van der Waals surface area contributed by atoms with E-state index in [-0.39, 0.29) is 11.3 Å². The molecule has 0 aromatic heterocycles. The predicted molar refractivity (Wildman–Crippen MR) is 117 cm³/mol. The molecule has 7 nitrogen and oxygen atoms in total. The minimum atomic E-state index is -0.682. The molecule has 1 heterocycles. The van der Waals surface area contributed by atoms with Crippen LogP contribution in [0.15, 0.2) is 54.1 Å². The second-order valence-corrected chi connectivity index (χ2v) is 7.81. The predicted octanol–water partition coefficient (Wildman–Crippen LogP) is 1.66. The maximum atomic E-state index is 13.0. The lowest BCUT2D eigenvalue weighted by atomic mass is 9.95. The van der Waals surface area contributed by atoms with E-state index in [9.17, 15) is 14.7 Å². The van der Waals surface area contributed by atoms with Gasteiger partial charge in [0.25, 0.3) is 11.7 Å². The van der Waals surface area contributed by atoms with Gasteiger partial charge in [0.05, 0.1) is 46.5 Å². The first-order chi connectivity index (χ1) is 14.9. The van der Waals surface area contributed by atoms with E-state index in [4.69, 9.17) is 9.47 Å². The number of nitrogens with zero attached hydrogens (tertiary/aromatic N) is 1. The number of carbonyl (C=O) groups is 2. The lowest BCUT2D eigenvalue weighted by Crippen LogP contribution is -3.05. The second-order valence-electron chi connectivity index (χ2n) is 7.81. The highest BCUT2D eigenvalue weighted by molar-refractivity contribution is 6.46. The number of Topliss-reactive ketones (excluding diaryl/α,β-unsaturated/α-hetero) is 1. The van der Waals surface area contributed by atoms with Crippen molar-refractivity contribution in [1.82, 2.24) is 4.90 Å². The lowest BCUT2D eigenvalue weighted by Gasteiger charge is -2.25. The molecule has 1 amide bonds. The van der Waals surface area contributed by atoms with Gasteiger partial charge in [-0.3, -0.25) is 9.59 Å². The normalized spacial score (nSPS) is 18.0. The number of hydrogen-bond donors (Lipinski definition) is 2. The highest BCUT2D eigenvalue weighted by atomic mass is 16.5. The molecule has 1 fully saturated rings. The smallest absolute Gasteiger partial charge is 0.295 e. The molecule has 2 aromatic rings. The highest BCUT2D eigenvalue weighted by Gasteiger charge is 2.45. The number of aliphatic hydroxyl groups excluding tert-OH is 1. The number of hydrogen-bond acceptors (Lipinski definition) is 5. The molecule has 3 rings (SSSR count). The Morgan fingerprint density at radius 1 is 1.03 bits per heavy atom. The standard InChI is InChI=1S/C24H28N2O5/c1-25(2)13-6-14-26-21(16-9-11-18(30-3)12-10-16)20(23(28)24(26)29)22(27)17-7-5-8-19(15-17)31-4/h5,7-12,15,21,27H,6,13-14H2,1-4H3/p+1/t21-/m1/s1. The Morgan fingerprint density at radius 2 is 1.71 bits per heavy atom. The fourth-order valence-electron chi connectivity index (χ4n) is 3.77. The first-order valence-electron chi connectivity index (χ1n) is 10.2. The van der Waals surface area contributed by atoms with Gasteiger partial charge in [-0.15, -0.1) is 0 Å². The molecule has 1 aliphatic rings. The summed E-state index contributed by atoms with van der Waals surface area (Å²) in [4.78, 5) is 28.8. The molecule has 0 saturated carbocycles. The number of ether oxygens (including phenoxy) is 2. The van der Waals surface area contributed by atoms with E-state index in [0.29, 0.717) is 23.6 Å². The molecule has 1 atom stereocenters. The minimum Gasteiger partial charge on any atom is -0.507 e. The van der Waals surface area contributed by atoms with Crippen molar-refractivity contribution in [2.24, 2.45) is 0 Å². The van der Waals surface area contributed by atoms with Crippen LogP contribution in [0.1, 0.15) is 23.6 Å². The van der Waals surface area contributed by atoms with Crippen LogP contribution in [-0.4, -0.2) is 63.1 Å². The number of quaternary nitrogens is 1. The number of methoxy groups -OCH3 is 2. The lowest BCUT2D eigenvalue weighted by molar-refractivity contribution is -0.858. The minimum absolute atomic E-state index is 0.0839. The van der Waals surface area contributed by atoms with E-state index in [1.165, 1.54) is 12.0 Å². The van der Waals surface area contributed by atoms with Gasteiger partial charge in [0.2, 0.25) is 0 Å². The van der Waals surface area contributed by atoms with Crippen molar-refractivity contribution >= 4 is 17.4 Å². The quantitative estimate of drug-likeness (QED) is 0.382. The van der Waals surface area contributed by atoms with E-state index < -0.39 is 17.7 Å². The summed E-state index contributed by atoms with van der Waals surface area (Å²) < 4.78 is 10.5. The molecule has 2 N–H and O–H groups in total. The van der Waals surface area contributed by atoms with Crippen molar-refractivity contribution in [2.75, 3.05) is 41.4 Å². The SMILES string of the molecule is COc1ccc([C@@H]2C(=C(O)c3cccc(OC)c3)C(=O)C(=O)N2CCC[NH+](C)C)cc1. The van der Waals surface area contributed by atoms with Crippen LogP contribution in [0, 0.1) is 0 Å². The van der Waals surface area contributed by atoms with E-state index in [1.807, 2.05) is 26.2 Å². The van der Waals surface area contributed by atoms with E-state index in [2.05, 4.69) is 0 Å². The van der Waals surface area contributed by atoms with E-state index >= 15 is 0 Å². The summed E-state index contributed by atoms with van der Waals surface area (Å²) in [7, 11) is 7.19. The molecule has 0 unspecified atom stereocenters. The van der Waals surface area contributed by atoms with Crippen molar-refractivity contribution < 1.29 is 29.1 Å². The maximum Gasteiger partial charge on any atom is 0.295 e. The summed E-state index contributed by atoms with van der Waals surface area (Å²) in [5.41, 5.74) is 1.25. The summed E-state index contributed by atoms with van der Waals surface area (Å²) in [6, 6.07) is 13.3. The van der Waals surface area contributed by atoms with Gasteiger partial charge in [-0.05, 0) is 29.8 Å². The number of benzene rings is 2. The third-order valence-electron chi connectivity index (χ3n) is 5.39. The summed E-state index contributed by atoms with van der Waals surface area (Å²) in [5.74, 6) is -0.269. The highest BCUT2D eigenvalue weighted by Crippen LogP contribution is 2.40. The topological polar surface area (TPSA) is 80.5 Å². The van der Waals surface area contributed by atoms with Gasteiger partial charge < -0.3 is 24.4 Å². The average molecular weight is 426 g/mol. The van der Waals surface area contributed by atoms with Crippen LogP contribution < -0.4 is 14.4 Å². The zero-order chi connectivity index (χ0) is 22.5. The van der Waals surface area contributed by atoms with Crippen LogP contribution in [0.5, 0.6) is 11.5 Å². The van der Waals surface area contributed by atoms with Gasteiger partial charge in [-0.2, -0.15) is 0 Å². The van der Waals surface area contributed by atoms with E-state index in [1.54, 1.807) is 48.4 Å². The fraction of sp³-hybridized carbons (Fsp3) is 0.333. The average Bonchev–Trinajstić information content (AvgIpc) is 3.03. The summed E-state index contributed by atoms with van der Waals surface area (Å²) in [6.45, 7) is 1.27. The second kappa shape index (κ2) is 9.66. The van der Waals surface area contributed by atoms with Crippen LogP contribution in [0.3, 0.4) is 0 Å². The molecule has 0 radical (unpaired) electrons. The molecule has 1 saturated heterocycles. The molecular weight excluding hydrogens is 396 g/mol. The van der Waals surface area contributed by atoms with Gasteiger partial charge in [-0.25, -0.2) is 0 Å². The fourth-order valence-corrected chi connectivity index (χ4v) is 3.77. The number of likely N-dealkylation sites (tertiary alicyclic amines) is 1. The molecule has 31 heavy (non-hydrogen) atoms. The number of nitrogens with one attached hydrogen (secondary N) is 1. The van der Waals surface area contributed by atoms with Crippen LogP contribution in [0.4, 0.5) is 0 Å². The Kier molecular flexibility index (Phi) is 6.97. The molecule has 7 heteroatoms. The number of aliphatic hydroxyl groups is 1. The molecule has 2 aromatic carbocycles. The first-order valence-corrected chi connectivity index (χ1v) is 10.2. The third kappa shape index (κ3) is 4.72. The van der Waals surface area contributed by atoms with Crippen LogP contribution in [0.25, 0.3) is 5.76 Å². The van der Waals surface area contributed by atoms with Gasteiger partial charge in [-0.1, -0.05) is 24.3 Å². The molecule has 1 aliphatic heterocycles. The maximum absolute atomic E-state index is 13.0. The molecular formula is C24H29N2O5+. The third-order valence-corrected chi connectivity index (χ3v) is 5.39. The molecule has 0 spiro atoms. The van der Waals surface area contributed by atoms with Gasteiger partial charge >= 0.3 is 0 Å². The number of ketones is 1. The number of rotatable bonds is 8. The summed E-state index contributed by atoms with van der Waals surface area (Å²) in [6.07, 6.45) is 0.737. The number of amides is 1. The van der Waals surface area contributed by atoms with Gasteiger partial charge in [0, 0.05) is 18.5 Å². The van der Waals surface area contributed by atoms with Crippen molar-refractivity contribution in [3.8, 4) is 11.5 Å². The Balaban J connectivity index is 2.09. The first kappa shape index (κ1) is 22.4. The zero-order valence-corrected chi connectivity index (χ0v) is 18.3. The molecule has 164 valence electrons. The van der Waals surface area contributed by atoms with E-state index in [0.717, 1.165) is 18.5 Å². The van der Waals surface area contributed by atoms with Crippen molar-refractivity contribution in [1.29, 1.82) is 0 Å². The zero-order valence-electron chi connectivity index (χ0n) is 18.3. The Hall–Kier alpha value is -3.32. The summed E-state index contributed by atoms with van der Waals surface area (Å²) in [5, 5.41) is 11.1. The van der Waals surface area contributed by atoms with Crippen molar-refractivity contribution in [3.63, 3.8) is 0 Å². The van der Waals surface area contributed by atoms with Crippen LogP contribution in [-0.2, 0) is 9.59 Å². The Labute approximate surface area is 182 Å². The van der Waals surface area contributed by atoms with Crippen LogP contribution >= 0.6 is 0 Å². The molecule has 0 aliphatic carbocycles. The summed E-state index contributed by atoms with van der Waals surface area (Å²) >= 11 is 0. The van der Waals surface area contributed by atoms with Crippen LogP contribution in [0.2, 0.25) is 0 Å².